The minimum atomic E-state index is -0.382. The smallest absolute Gasteiger partial charge is 0.280 e. The second kappa shape index (κ2) is 7.01. The molecule has 1 fully saturated rings. The number of rotatable bonds is 3. The maximum atomic E-state index is 12.8. The number of amides is 1. The van der Waals surface area contributed by atoms with Gasteiger partial charge in [-0.25, -0.2) is 4.98 Å². The Kier molecular flexibility index (Phi) is 4.34. The van der Waals surface area contributed by atoms with Crippen LogP contribution in [0, 0.1) is 0 Å². The van der Waals surface area contributed by atoms with Crippen molar-refractivity contribution in [3.05, 3.63) is 46.4 Å². The van der Waals surface area contributed by atoms with Gasteiger partial charge in [-0.05, 0) is 29.6 Å². The minimum Gasteiger partial charge on any atom is -0.378 e. The molecule has 0 bridgehead atoms. The molecule has 3 aromatic heterocycles. The van der Waals surface area contributed by atoms with Crippen molar-refractivity contribution >= 4 is 56.2 Å². The Labute approximate surface area is 168 Å². The number of carbonyl (C=O) groups excluding carboxylic acids is 1. The van der Waals surface area contributed by atoms with E-state index in [9.17, 15) is 4.79 Å². The number of hydrogen-bond donors (Lipinski definition) is 1. The van der Waals surface area contributed by atoms with Crippen LogP contribution in [0.3, 0.4) is 0 Å². The van der Waals surface area contributed by atoms with Gasteiger partial charge in [-0.15, -0.1) is 16.4 Å². The molecule has 0 atom stereocenters. The van der Waals surface area contributed by atoms with E-state index >= 15 is 0 Å². The standard InChI is InChI=1S/C18H15ClN6O2S/c19-11-2-1-3-12(10-11)20-18(26)14-16-21-17(24-5-7-27-8-6-24)15-13(4-9-28-15)25(16)23-22-14/h1-4,9-10H,5-8H2,(H,20,26). The fraction of sp³-hybridized carbons (Fsp3) is 0.222. The van der Waals surface area contributed by atoms with Crippen LogP contribution in [0.5, 0.6) is 0 Å². The summed E-state index contributed by atoms with van der Waals surface area (Å²) in [5, 5.41) is 13.6. The van der Waals surface area contributed by atoms with Crippen LogP contribution in [0.15, 0.2) is 35.7 Å². The lowest BCUT2D eigenvalue weighted by Crippen LogP contribution is -2.37. The monoisotopic (exact) mass is 414 g/mol. The van der Waals surface area contributed by atoms with E-state index in [0.29, 0.717) is 29.6 Å². The summed E-state index contributed by atoms with van der Waals surface area (Å²) in [5.74, 6) is 0.451. The Balaban J connectivity index is 1.59. The highest BCUT2D eigenvalue weighted by Crippen LogP contribution is 2.31. The van der Waals surface area contributed by atoms with Gasteiger partial charge in [-0.3, -0.25) is 4.79 Å². The van der Waals surface area contributed by atoms with Gasteiger partial charge < -0.3 is 15.0 Å². The highest BCUT2D eigenvalue weighted by Gasteiger charge is 2.23. The molecule has 28 heavy (non-hydrogen) atoms. The molecule has 4 heterocycles. The van der Waals surface area contributed by atoms with Gasteiger partial charge in [0.05, 0.1) is 23.4 Å². The van der Waals surface area contributed by atoms with Crippen molar-refractivity contribution in [2.45, 2.75) is 0 Å². The predicted molar refractivity (Wildman–Crippen MR) is 109 cm³/mol. The molecule has 1 saturated heterocycles. The highest BCUT2D eigenvalue weighted by atomic mass is 35.5. The Morgan fingerprint density at radius 3 is 2.93 bits per heavy atom. The maximum Gasteiger partial charge on any atom is 0.280 e. The molecule has 0 aliphatic carbocycles. The van der Waals surface area contributed by atoms with Gasteiger partial charge >= 0.3 is 0 Å². The van der Waals surface area contributed by atoms with Crippen LogP contribution in [0.2, 0.25) is 5.02 Å². The normalized spacial score (nSPS) is 14.7. The lowest BCUT2D eigenvalue weighted by molar-refractivity contribution is 0.102. The number of nitrogens with zero attached hydrogens (tertiary/aromatic N) is 5. The maximum absolute atomic E-state index is 12.8. The van der Waals surface area contributed by atoms with Crippen LogP contribution < -0.4 is 10.2 Å². The molecule has 1 N–H and O–H groups in total. The van der Waals surface area contributed by atoms with E-state index in [1.54, 1.807) is 40.1 Å². The number of halogens is 1. The topological polar surface area (TPSA) is 84.7 Å². The fourth-order valence-corrected chi connectivity index (χ4v) is 4.30. The summed E-state index contributed by atoms with van der Waals surface area (Å²) < 4.78 is 8.08. The quantitative estimate of drug-likeness (QED) is 0.554. The van der Waals surface area contributed by atoms with E-state index in [-0.39, 0.29) is 11.6 Å². The Hall–Kier alpha value is -2.75. The number of carbonyl (C=O) groups is 1. The van der Waals surface area contributed by atoms with Crippen LogP contribution >= 0.6 is 22.9 Å². The highest BCUT2D eigenvalue weighted by molar-refractivity contribution is 7.17. The van der Waals surface area contributed by atoms with Crippen LogP contribution in [0.4, 0.5) is 11.5 Å². The average molecular weight is 415 g/mol. The first-order chi connectivity index (χ1) is 13.7. The van der Waals surface area contributed by atoms with Crippen molar-refractivity contribution in [1.29, 1.82) is 0 Å². The molecule has 0 saturated carbocycles. The molecule has 142 valence electrons. The zero-order valence-corrected chi connectivity index (χ0v) is 16.2. The van der Waals surface area contributed by atoms with Gasteiger partial charge in [0, 0.05) is 23.8 Å². The first-order valence-electron chi connectivity index (χ1n) is 8.73. The van der Waals surface area contributed by atoms with Crippen molar-refractivity contribution in [1.82, 2.24) is 19.8 Å². The predicted octanol–water partition coefficient (Wildman–Crippen LogP) is 3.08. The van der Waals surface area contributed by atoms with Gasteiger partial charge in [0.15, 0.2) is 17.2 Å². The van der Waals surface area contributed by atoms with Crippen LogP contribution in [-0.2, 0) is 4.74 Å². The molecule has 1 aromatic carbocycles. The summed E-state index contributed by atoms with van der Waals surface area (Å²) in [5.41, 5.74) is 2.06. The second-order valence-corrected chi connectivity index (χ2v) is 7.66. The van der Waals surface area contributed by atoms with Gasteiger partial charge in [0.2, 0.25) is 0 Å². The first kappa shape index (κ1) is 17.4. The van der Waals surface area contributed by atoms with E-state index in [1.807, 2.05) is 11.4 Å². The lowest BCUT2D eigenvalue weighted by Gasteiger charge is -2.28. The van der Waals surface area contributed by atoms with Crippen molar-refractivity contribution in [3.63, 3.8) is 0 Å². The lowest BCUT2D eigenvalue weighted by atomic mass is 10.3. The third kappa shape index (κ3) is 2.97. The van der Waals surface area contributed by atoms with Gasteiger partial charge in [0.25, 0.3) is 5.91 Å². The molecular weight excluding hydrogens is 400 g/mol. The van der Waals surface area contributed by atoms with Crippen molar-refractivity contribution in [3.8, 4) is 0 Å². The largest absolute Gasteiger partial charge is 0.378 e. The SMILES string of the molecule is O=C(Nc1cccc(Cl)c1)c1nnn2c1nc(N1CCOCC1)c1sccc12. The van der Waals surface area contributed by atoms with E-state index in [2.05, 4.69) is 20.5 Å². The van der Waals surface area contributed by atoms with Crippen LogP contribution in [-0.4, -0.2) is 52.0 Å². The third-order valence-electron chi connectivity index (χ3n) is 4.54. The Morgan fingerprint density at radius 1 is 1.25 bits per heavy atom. The number of morpholine rings is 1. The zero-order chi connectivity index (χ0) is 19.1. The molecule has 10 heteroatoms. The molecular formula is C18H15ClN6O2S. The molecule has 0 spiro atoms. The summed E-state index contributed by atoms with van der Waals surface area (Å²) in [6, 6.07) is 8.92. The Bertz CT molecular complexity index is 1180. The number of hydrogen-bond acceptors (Lipinski definition) is 7. The third-order valence-corrected chi connectivity index (χ3v) is 5.68. The van der Waals surface area contributed by atoms with Gasteiger partial charge in [0.1, 0.15) is 0 Å². The molecule has 0 radical (unpaired) electrons. The number of benzene rings is 1. The van der Waals surface area contributed by atoms with E-state index in [1.165, 1.54) is 0 Å². The molecule has 1 aliphatic heterocycles. The second-order valence-electron chi connectivity index (χ2n) is 6.31. The molecule has 1 aliphatic rings. The number of aromatic nitrogens is 4. The number of fused-ring (bicyclic) bond motifs is 3. The summed E-state index contributed by atoms with van der Waals surface area (Å²) in [4.78, 5) is 19.8. The van der Waals surface area contributed by atoms with Crippen molar-refractivity contribution in [2.75, 3.05) is 36.5 Å². The molecule has 5 rings (SSSR count). The van der Waals surface area contributed by atoms with Crippen molar-refractivity contribution < 1.29 is 9.53 Å². The van der Waals surface area contributed by atoms with Gasteiger partial charge in [-0.1, -0.05) is 22.9 Å². The summed E-state index contributed by atoms with van der Waals surface area (Å²) >= 11 is 7.59. The molecule has 0 unspecified atom stereocenters. The molecule has 4 aromatic rings. The van der Waals surface area contributed by atoms with Crippen molar-refractivity contribution in [2.24, 2.45) is 0 Å². The number of thiophene rings is 1. The number of anilines is 2. The summed E-state index contributed by atoms with van der Waals surface area (Å²) in [6.45, 7) is 2.81. The minimum absolute atomic E-state index is 0.169. The number of ether oxygens (including phenoxy) is 1. The Morgan fingerprint density at radius 2 is 2.11 bits per heavy atom. The van der Waals surface area contributed by atoms with E-state index in [4.69, 9.17) is 21.3 Å². The van der Waals surface area contributed by atoms with Gasteiger partial charge in [-0.2, -0.15) is 4.52 Å². The van der Waals surface area contributed by atoms with E-state index < -0.39 is 0 Å². The first-order valence-corrected chi connectivity index (χ1v) is 9.99. The average Bonchev–Trinajstić information content (AvgIpc) is 3.35. The zero-order valence-electron chi connectivity index (χ0n) is 14.6. The molecule has 8 nitrogen and oxygen atoms in total. The van der Waals surface area contributed by atoms with Crippen LogP contribution in [0.25, 0.3) is 15.9 Å². The molecule has 1 amide bonds. The summed E-state index contributed by atoms with van der Waals surface area (Å²) in [6.07, 6.45) is 0. The number of nitrogens with one attached hydrogen (secondary N) is 1. The fourth-order valence-electron chi connectivity index (χ4n) is 3.22. The van der Waals surface area contributed by atoms with E-state index in [0.717, 1.165) is 29.1 Å². The summed E-state index contributed by atoms with van der Waals surface area (Å²) in [7, 11) is 0. The van der Waals surface area contributed by atoms with Crippen LogP contribution in [0.1, 0.15) is 10.5 Å².